The van der Waals surface area contributed by atoms with Gasteiger partial charge in [-0.1, -0.05) is 12.8 Å². The predicted molar refractivity (Wildman–Crippen MR) is 69.4 cm³/mol. The van der Waals surface area contributed by atoms with E-state index in [2.05, 4.69) is 37.7 Å². The average Bonchev–Trinajstić information content (AvgIpc) is 2.79. The van der Waals surface area contributed by atoms with Gasteiger partial charge in [-0.3, -0.25) is 0 Å². The molecule has 0 aliphatic heterocycles. The van der Waals surface area contributed by atoms with Gasteiger partial charge in [-0.15, -0.1) is 0 Å². The average molecular weight is 285 g/mol. The van der Waals surface area contributed by atoms with Crippen molar-refractivity contribution in [1.29, 1.82) is 0 Å². The molecule has 0 atom stereocenters. The minimum Gasteiger partial charge on any atom is -0.383 e. The van der Waals surface area contributed by atoms with Crippen LogP contribution in [0, 0.1) is 0 Å². The summed E-state index contributed by atoms with van der Waals surface area (Å²) in [5, 5.41) is 0. The van der Waals surface area contributed by atoms with Crippen LogP contribution in [0.15, 0.2) is 10.8 Å². The van der Waals surface area contributed by atoms with Crippen LogP contribution in [0.25, 0.3) is 0 Å². The Hall–Kier alpha value is -0.840. The third-order valence-corrected chi connectivity index (χ3v) is 3.94. The molecule has 1 aliphatic carbocycles. The minimum atomic E-state index is 0.515. The second-order valence-corrected chi connectivity index (χ2v) is 4.91. The third kappa shape index (κ3) is 2.14. The molecular formula is C11H17BrN4. The molecule has 1 heterocycles. The van der Waals surface area contributed by atoms with E-state index in [9.17, 15) is 0 Å². The summed E-state index contributed by atoms with van der Waals surface area (Å²) in [5.41, 5.74) is 5.79. The Labute approximate surface area is 104 Å². The van der Waals surface area contributed by atoms with Crippen molar-refractivity contribution in [3.63, 3.8) is 0 Å². The van der Waals surface area contributed by atoms with Gasteiger partial charge in [0, 0.05) is 12.6 Å². The molecule has 0 spiro atoms. The van der Waals surface area contributed by atoms with E-state index < -0.39 is 0 Å². The SMILES string of the molecule is CCN(c1ncnc(N)c1Br)C1CCCC1. The Morgan fingerprint density at radius 3 is 2.75 bits per heavy atom. The lowest BCUT2D eigenvalue weighted by molar-refractivity contribution is 0.611. The summed E-state index contributed by atoms with van der Waals surface area (Å²) in [5.74, 6) is 1.45. The molecule has 4 nitrogen and oxygen atoms in total. The lowest BCUT2D eigenvalue weighted by atomic mass is 10.2. The highest BCUT2D eigenvalue weighted by Gasteiger charge is 2.24. The van der Waals surface area contributed by atoms with E-state index in [-0.39, 0.29) is 0 Å². The normalized spacial score (nSPS) is 16.6. The number of anilines is 2. The largest absolute Gasteiger partial charge is 0.383 e. The Morgan fingerprint density at radius 1 is 1.44 bits per heavy atom. The summed E-state index contributed by atoms with van der Waals surface area (Å²) in [7, 11) is 0. The van der Waals surface area contributed by atoms with E-state index in [0.29, 0.717) is 11.9 Å². The van der Waals surface area contributed by atoms with Crippen LogP contribution in [0.3, 0.4) is 0 Å². The molecule has 2 N–H and O–H groups in total. The molecule has 1 aliphatic rings. The molecule has 0 unspecified atom stereocenters. The van der Waals surface area contributed by atoms with Crippen molar-refractivity contribution in [2.75, 3.05) is 17.2 Å². The maximum atomic E-state index is 5.79. The predicted octanol–water partition coefficient (Wildman–Crippen LogP) is 2.59. The third-order valence-electron chi connectivity index (χ3n) is 3.18. The summed E-state index contributed by atoms with van der Waals surface area (Å²) in [6, 6.07) is 0.607. The molecule has 5 heteroatoms. The zero-order chi connectivity index (χ0) is 11.5. The fourth-order valence-corrected chi connectivity index (χ4v) is 2.80. The monoisotopic (exact) mass is 284 g/mol. The van der Waals surface area contributed by atoms with Crippen molar-refractivity contribution in [1.82, 2.24) is 9.97 Å². The van der Waals surface area contributed by atoms with Crippen LogP contribution in [-0.2, 0) is 0 Å². The zero-order valence-corrected chi connectivity index (χ0v) is 11.1. The fourth-order valence-electron chi connectivity index (χ4n) is 2.37. The Kier molecular flexibility index (Phi) is 3.63. The topological polar surface area (TPSA) is 55.0 Å². The minimum absolute atomic E-state index is 0.515. The van der Waals surface area contributed by atoms with Crippen LogP contribution in [0.5, 0.6) is 0 Å². The lowest BCUT2D eigenvalue weighted by Gasteiger charge is -2.29. The van der Waals surface area contributed by atoms with Crippen LogP contribution in [-0.4, -0.2) is 22.6 Å². The molecule has 2 rings (SSSR count). The number of hydrogen-bond acceptors (Lipinski definition) is 4. The zero-order valence-electron chi connectivity index (χ0n) is 9.49. The number of nitrogens with zero attached hydrogens (tertiary/aromatic N) is 3. The summed E-state index contributed by atoms with van der Waals surface area (Å²) >= 11 is 3.48. The highest BCUT2D eigenvalue weighted by Crippen LogP contribution is 2.33. The number of halogens is 1. The smallest absolute Gasteiger partial charge is 0.148 e. The van der Waals surface area contributed by atoms with Crippen molar-refractivity contribution in [2.24, 2.45) is 0 Å². The Bertz CT molecular complexity index is 363. The Balaban J connectivity index is 2.28. The molecule has 0 radical (unpaired) electrons. The van der Waals surface area contributed by atoms with Crippen molar-refractivity contribution in [3.05, 3.63) is 10.8 Å². The maximum Gasteiger partial charge on any atom is 0.148 e. The number of rotatable bonds is 3. The van der Waals surface area contributed by atoms with Gasteiger partial charge in [0.1, 0.15) is 22.4 Å². The summed E-state index contributed by atoms with van der Waals surface area (Å²) < 4.78 is 0.823. The van der Waals surface area contributed by atoms with Gasteiger partial charge < -0.3 is 10.6 Å². The maximum absolute atomic E-state index is 5.79. The van der Waals surface area contributed by atoms with Crippen molar-refractivity contribution < 1.29 is 0 Å². The number of nitrogens with two attached hydrogens (primary N) is 1. The first-order chi connectivity index (χ1) is 7.74. The number of nitrogen functional groups attached to an aromatic ring is 1. The fraction of sp³-hybridized carbons (Fsp3) is 0.636. The summed E-state index contributed by atoms with van der Waals surface area (Å²) in [4.78, 5) is 10.6. The molecule has 1 aromatic rings. The molecule has 1 saturated carbocycles. The molecule has 0 amide bonds. The molecule has 16 heavy (non-hydrogen) atoms. The van der Waals surface area contributed by atoms with Gasteiger partial charge in [0.25, 0.3) is 0 Å². The Morgan fingerprint density at radius 2 is 2.12 bits per heavy atom. The van der Waals surface area contributed by atoms with Crippen molar-refractivity contribution in [3.8, 4) is 0 Å². The van der Waals surface area contributed by atoms with Gasteiger partial charge in [-0.25, -0.2) is 9.97 Å². The van der Waals surface area contributed by atoms with Gasteiger partial charge in [-0.05, 0) is 35.7 Å². The first-order valence-corrected chi connectivity index (χ1v) is 6.56. The van der Waals surface area contributed by atoms with Crippen LogP contribution < -0.4 is 10.6 Å². The van der Waals surface area contributed by atoms with Crippen molar-refractivity contribution >= 4 is 27.6 Å². The molecule has 1 fully saturated rings. The van der Waals surface area contributed by atoms with E-state index in [0.717, 1.165) is 16.8 Å². The highest BCUT2D eigenvalue weighted by atomic mass is 79.9. The van der Waals surface area contributed by atoms with Gasteiger partial charge in [0.05, 0.1) is 0 Å². The lowest BCUT2D eigenvalue weighted by Crippen LogP contribution is -2.34. The van der Waals surface area contributed by atoms with E-state index in [1.807, 2.05) is 0 Å². The van der Waals surface area contributed by atoms with Crippen LogP contribution in [0.2, 0.25) is 0 Å². The molecule has 1 aromatic heterocycles. The first-order valence-electron chi connectivity index (χ1n) is 5.76. The van der Waals surface area contributed by atoms with Gasteiger partial charge >= 0.3 is 0 Å². The summed E-state index contributed by atoms with van der Waals surface area (Å²) in [6.07, 6.45) is 6.68. The van der Waals surface area contributed by atoms with E-state index in [4.69, 9.17) is 5.73 Å². The van der Waals surface area contributed by atoms with Crippen LogP contribution >= 0.6 is 15.9 Å². The second-order valence-electron chi connectivity index (χ2n) is 4.12. The van der Waals surface area contributed by atoms with E-state index >= 15 is 0 Å². The van der Waals surface area contributed by atoms with E-state index in [1.54, 1.807) is 0 Å². The van der Waals surface area contributed by atoms with Gasteiger partial charge in [0.2, 0.25) is 0 Å². The second kappa shape index (κ2) is 4.99. The highest BCUT2D eigenvalue weighted by molar-refractivity contribution is 9.10. The molecular weight excluding hydrogens is 268 g/mol. The quantitative estimate of drug-likeness (QED) is 0.927. The van der Waals surface area contributed by atoms with Crippen LogP contribution in [0.4, 0.5) is 11.6 Å². The van der Waals surface area contributed by atoms with Gasteiger partial charge in [0.15, 0.2) is 0 Å². The molecule has 0 aromatic carbocycles. The number of hydrogen-bond donors (Lipinski definition) is 1. The first kappa shape index (κ1) is 11.6. The van der Waals surface area contributed by atoms with Crippen LogP contribution in [0.1, 0.15) is 32.6 Å². The van der Waals surface area contributed by atoms with Crippen molar-refractivity contribution in [2.45, 2.75) is 38.6 Å². The summed E-state index contributed by atoms with van der Waals surface area (Å²) in [6.45, 7) is 3.11. The molecule has 0 saturated heterocycles. The van der Waals surface area contributed by atoms with E-state index in [1.165, 1.54) is 32.0 Å². The number of aromatic nitrogens is 2. The standard InChI is InChI=1S/C11H17BrN4/c1-2-16(8-5-3-4-6-8)11-9(12)10(13)14-7-15-11/h7-8H,2-6H2,1H3,(H2,13,14,15). The molecule has 0 bridgehead atoms. The molecule has 88 valence electrons. The van der Waals surface area contributed by atoms with Gasteiger partial charge in [-0.2, -0.15) is 0 Å².